The molecule has 0 unspecified atom stereocenters. The van der Waals surface area contributed by atoms with E-state index >= 15 is 0 Å². The quantitative estimate of drug-likeness (QED) is 0.828. The highest BCUT2D eigenvalue weighted by atomic mass is 32.2. The molecule has 0 radical (unpaired) electrons. The minimum atomic E-state index is -3.47. The Kier molecular flexibility index (Phi) is 4.59. The number of piperidine rings is 1. The molecule has 2 rings (SSSR count). The van der Waals surface area contributed by atoms with Crippen LogP contribution in [0.5, 0.6) is 0 Å². The van der Waals surface area contributed by atoms with Gasteiger partial charge in [0.1, 0.15) is 6.61 Å². The maximum absolute atomic E-state index is 12.6. The molecule has 1 saturated heterocycles. The molecule has 0 aromatic heterocycles. The first-order valence-electron chi connectivity index (χ1n) is 6.35. The molecular formula is C14H17NO3S. The van der Waals surface area contributed by atoms with Gasteiger partial charge in [0.05, 0.1) is 4.90 Å². The van der Waals surface area contributed by atoms with Gasteiger partial charge in [0, 0.05) is 18.7 Å². The fourth-order valence-electron chi connectivity index (χ4n) is 2.17. The van der Waals surface area contributed by atoms with Crippen LogP contribution in [0.25, 0.3) is 0 Å². The molecule has 0 bridgehead atoms. The van der Waals surface area contributed by atoms with Crippen LogP contribution >= 0.6 is 0 Å². The topological polar surface area (TPSA) is 57.6 Å². The number of hydrogen-bond acceptors (Lipinski definition) is 3. The van der Waals surface area contributed by atoms with Crippen LogP contribution in [0, 0.1) is 11.8 Å². The molecule has 1 aromatic rings. The lowest BCUT2D eigenvalue weighted by atomic mass is 10.2. The Morgan fingerprint density at radius 2 is 1.84 bits per heavy atom. The SMILES string of the molecule is O=S(=O)(c1ccccc1C#CCO)N1CCCCC1. The Labute approximate surface area is 114 Å². The maximum Gasteiger partial charge on any atom is 0.244 e. The largest absolute Gasteiger partial charge is 0.384 e. The van der Waals surface area contributed by atoms with Gasteiger partial charge in [-0.05, 0) is 25.0 Å². The summed E-state index contributed by atoms with van der Waals surface area (Å²) in [6.07, 6.45) is 2.89. The predicted molar refractivity (Wildman–Crippen MR) is 73.0 cm³/mol. The van der Waals surface area contributed by atoms with Crippen LogP contribution in [0.1, 0.15) is 24.8 Å². The standard InChI is InChI=1S/C14H17NO3S/c16-12-6-8-13-7-2-3-9-14(13)19(17,18)15-10-4-1-5-11-15/h2-3,7,9,16H,1,4-5,10-12H2. The Balaban J connectivity index is 2.39. The van der Waals surface area contributed by atoms with Gasteiger partial charge in [-0.3, -0.25) is 0 Å². The summed E-state index contributed by atoms with van der Waals surface area (Å²) in [5.41, 5.74) is 0.446. The summed E-state index contributed by atoms with van der Waals surface area (Å²) in [4.78, 5) is 0.234. The number of aliphatic hydroxyl groups excluding tert-OH is 1. The smallest absolute Gasteiger partial charge is 0.244 e. The molecule has 1 N–H and O–H groups in total. The van der Waals surface area contributed by atoms with Crippen LogP contribution in [0.4, 0.5) is 0 Å². The molecule has 1 aliphatic heterocycles. The lowest BCUT2D eigenvalue weighted by molar-refractivity contribution is 0.346. The van der Waals surface area contributed by atoms with Gasteiger partial charge in [0.25, 0.3) is 0 Å². The highest BCUT2D eigenvalue weighted by molar-refractivity contribution is 7.89. The fraction of sp³-hybridized carbons (Fsp3) is 0.429. The normalized spacial score (nSPS) is 16.7. The van der Waals surface area contributed by atoms with Crippen LogP contribution in [-0.4, -0.2) is 37.5 Å². The molecule has 1 heterocycles. The first-order chi connectivity index (χ1) is 9.16. The predicted octanol–water partition coefficient (Wildman–Crippen LogP) is 1.21. The van der Waals surface area contributed by atoms with Crippen molar-refractivity contribution >= 4 is 10.0 Å². The highest BCUT2D eigenvalue weighted by Gasteiger charge is 2.27. The molecule has 1 aromatic carbocycles. The van der Waals surface area contributed by atoms with E-state index in [9.17, 15) is 8.42 Å². The zero-order valence-electron chi connectivity index (χ0n) is 10.7. The molecule has 0 spiro atoms. The van der Waals surface area contributed by atoms with Crippen molar-refractivity contribution in [1.29, 1.82) is 0 Å². The molecular weight excluding hydrogens is 262 g/mol. The summed E-state index contributed by atoms with van der Waals surface area (Å²) < 4.78 is 26.7. The monoisotopic (exact) mass is 279 g/mol. The molecule has 19 heavy (non-hydrogen) atoms. The molecule has 0 aliphatic carbocycles. The van der Waals surface area contributed by atoms with E-state index < -0.39 is 10.0 Å². The van der Waals surface area contributed by atoms with Gasteiger partial charge in [-0.1, -0.05) is 30.4 Å². The van der Waals surface area contributed by atoms with Crippen molar-refractivity contribution < 1.29 is 13.5 Å². The van der Waals surface area contributed by atoms with Gasteiger partial charge in [-0.2, -0.15) is 4.31 Å². The van der Waals surface area contributed by atoms with Crippen molar-refractivity contribution in [2.24, 2.45) is 0 Å². The first kappa shape index (κ1) is 14.1. The minimum absolute atomic E-state index is 0.234. The Hall–Kier alpha value is -1.35. The van der Waals surface area contributed by atoms with Crippen molar-refractivity contribution in [2.75, 3.05) is 19.7 Å². The summed E-state index contributed by atoms with van der Waals surface area (Å²) in [5, 5.41) is 8.74. The summed E-state index contributed by atoms with van der Waals surface area (Å²) >= 11 is 0. The van der Waals surface area contributed by atoms with Gasteiger partial charge in [-0.15, -0.1) is 0 Å². The van der Waals surface area contributed by atoms with E-state index in [1.165, 1.54) is 4.31 Å². The van der Waals surface area contributed by atoms with Crippen molar-refractivity contribution in [3.63, 3.8) is 0 Å². The highest BCUT2D eigenvalue weighted by Crippen LogP contribution is 2.22. The third-order valence-corrected chi connectivity index (χ3v) is 5.08. The number of benzene rings is 1. The second kappa shape index (κ2) is 6.20. The van der Waals surface area contributed by atoms with Gasteiger partial charge >= 0.3 is 0 Å². The lowest BCUT2D eigenvalue weighted by Crippen LogP contribution is -2.35. The average molecular weight is 279 g/mol. The van der Waals surface area contributed by atoms with Crippen molar-refractivity contribution in [3.05, 3.63) is 29.8 Å². The average Bonchev–Trinajstić information content (AvgIpc) is 2.46. The Morgan fingerprint density at radius 1 is 1.16 bits per heavy atom. The van der Waals surface area contributed by atoms with Crippen LogP contribution in [0.15, 0.2) is 29.2 Å². The van der Waals surface area contributed by atoms with E-state index in [2.05, 4.69) is 11.8 Å². The van der Waals surface area contributed by atoms with E-state index in [-0.39, 0.29) is 11.5 Å². The van der Waals surface area contributed by atoms with Crippen LogP contribution in [-0.2, 0) is 10.0 Å². The summed E-state index contributed by atoms with van der Waals surface area (Å²) in [6.45, 7) is 0.867. The van der Waals surface area contributed by atoms with E-state index in [0.717, 1.165) is 19.3 Å². The third-order valence-electron chi connectivity index (χ3n) is 3.12. The number of nitrogens with zero attached hydrogens (tertiary/aromatic N) is 1. The summed E-state index contributed by atoms with van der Waals surface area (Å²) in [6, 6.07) is 6.68. The summed E-state index contributed by atoms with van der Waals surface area (Å²) in [5.74, 6) is 5.20. The molecule has 1 aliphatic rings. The minimum Gasteiger partial charge on any atom is -0.384 e. The van der Waals surface area contributed by atoms with Gasteiger partial charge in [0.2, 0.25) is 10.0 Å². The molecule has 0 amide bonds. The maximum atomic E-state index is 12.6. The van der Waals surface area contributed by atoms with Crippen molar-refractivity contribution in [2.45, 2.75) is 24.2 Å². The van der Waals surface area contributed by atoms with Crippen LogP contribution in [0.3, 0.4) is 0 Å². The number of rotatable bonds is 2. The van der Waals surface area contributed by atoms with Crippen molar-refractivity contribution in [3.8, 4) is 11.8 Å². The first-order valence-corrected chi connectivity index (χ1v) is 7.79. The molecule has 0 atom stereocenters. The molecule has 5 heteroatoms. The van der Waals surface area contributed by atoms with Gasteiger partial charge in [-0.25, -0.2) is 8.42 Å². The third kappa shape index (κ3) is 3.16. The van der Waals surface area contributed by atoms with E-state index in [0.29, 0.717) is 18.7 Å². The fourth-order valence-corrected chi connectivity index (χ4v) is 3.84. The summed E-state index contributed by atoms with van der Waals surface area (Å²) in [7, 11) is -3.47. The van der Waals surface area contributed by atoms with Crippen molar-refractivity contribution in [1.82, 2.24) is 4.31 Å². The molecule has 1 fully saturated rings. The second-order valence-electron chi connectivity index (χ2n) is 4.42. The number of sulfonamides is 1. The lowest BCUT2D eigenvalue weighted by Gasteiger charge is -2.26. The molecule has 102 valence electrons. The Bertz CT molecular complexity index is 593. The number of hydrogen-bond donors (Lipinski definition) is 1. The second-order valence-corrected chi connectivity index (χ2v) is 6.33. The zero-order valence-corrected chi connectivity index (χ0v) is 11.5. The molecule has 0 saturated carbocycles. The van der Waals surface area contributed by atoms with Gasteiger partial charge < -0.3 is 5.11 Å². The van der Waals surface area contributed by atoms with Crippen LogP contribution < -0.4 is 0 Å². The van der Waals surface area contributed by atoms with E-state index in [1.807, 2.05) is 0 Å². The number of aliphatic hydroxyl groups is 1. The Morgan fingerprint density at radius 3 is 2.53 bits per heavy atom. The van der Waals surface area contributed by atoms with E-state index in [1.54, 1.807) is 24.3 Å². The molecule has 4 nitrogen and oxygen atoms in total. The zero-order chi connectivity index (χ0) is 13.7. The van der Waals surface area contributed by atoms with Crippen LogP contribution in [0.2, 0.25) is 0 Å². The van der Waals surface area contributed by atoms with E-state index in [4.69, 9.17) is 5.11 Å². The van der Waals surface area contributed by atoms with Gasteiger partial charge in [0.15, 0.2) is 0 Å².